The van der Waals surface area contributed by atoms with Crippen molar-refractivity contribution < 1.29 is 0 Å². The minimum Gasteiger partial charge on any atom is -0.0622 e. The lowest BCUT2D eigenvalue weighted by atomic mass is 10.1. The molecule has 3 rings (SSSR count). The van der Waals surface area contributed by atoms with Crippen LogP contribution < -0.4 is 0 Å². The summed E-state index contributed by atoms with van der Waals surface area (Å²) < 4.78 is 0. The zero-order chi connectivity index (χ0) is 10.8. The first-order valence-corrected chi connectivity index (χ1v) is 5.74. The molecule has 0 spiro atoms. The van der Waals surface area contributed by atoms with Gasteiger partial charge in [0.05, 0.1) is 0 Å². The van der Waals surface area contributed by atoms with E-state index in [0.29, 0.717) is 5.92 Å². The first kappa shape index (κ1) is 9.41. The fourth-order valence-electron chi connectivity index (χ4n) is 2.12. The van der Waals surface area contributed by atoms with E-state index in [2.05, 4.69) is 66.7 Å². The van der Waals surface area contributed by atoms with Gasteiger partial charge in [0, 0.05) is 5.92 Å². The highest BCUT2D eigenvalue weighted by atomic mass is 14.3. The van der Waals surface area contributed by atoms with Crippen molar-refractivity contribution in [1.29, 1.82) is 0 Å². The van der Waals surface area contributed by atoms with Gasteiger partial charge in [-0.2, -0.15) is 0 Å². The summed E-state index contributed by atoms with van der Waals surface area (Å²) in [6, 6.07) is 21.3. The molecule has 0 heterocycles. The van der Waals surface area contributed by atoms with Gasteiger partial charge in [0.25, 0.3) is 0 Å². The predicted molar refractivity (Wildman–Crippen MR) is 68.2 cm³/mol. The van der Waals surface area contributed by atoms with Crippen LogP contribution in [0.4, 0.5) is 0 Å². The van der Waals surface area contributed by atoms with Crippen LogP contribution in [0.1, 0.15) is 23.5 Å². The van der Waals surface area contributed by atoms with Gasteiger partial charge in [0.15, 0.2) is 0 Å². The van der Waals surface area contributed by atoms with E-state index in [4.69, 9.17) is 0 Å². The maximum Gasteiger partial charge on any atom is 0.00893 e. The average molecular weight is 206 g/mol. The normalized spacial score (nSPS) is 21.0. The molecule has 0 radical (unpaired) electrons. The molecular weight excluding hydrogens is 192 g/mol. The van der Waals surface area contributed by atoms with Gasteiger partial charge < -0.3 is 0 Å². The first-order valence-electron chi connectivity index (χ1n) is 5.74. The van der Waals surface area contributed by atoms with E-state index >= 15 is 0 Å². The van der Waals surface area contributed by atoms with E-state index in [9.17, 15) is 0 Å². The monoisotopic (exact) mass is 206 g/mol. The number of hydrogen-bond acceptors (Lipinski definition) is 0. The predicted octanol–water partition coefficient (Wildman–Crippen LogP) is 4.26. The Morgan fingerprint density at radius 1 is 0.812 bits per heavy atom. The lowest BCUT2D eigenvalue weighted by Gasteiger charge is -1.94. The molecule has 0 saturated heterocycles. The molecule has 0 aliphatic heterocycles. The number of allylic oxidation sites excluding steroid dienone is 1. The summed E-state index contributed by atoms with van der Waals surface area (Å²) in [5.74, 6) is 0.668. The molecule has 0 nitrogen and oxygen atoms in total. The second kappa shape index (κ2) is 3.97. The van der Waals surface area contributed by atoms with E-state index in [-0.39, 0.29) is 0 Å². The summed E-state index contributed by atoms with van der Waals surface area (Å²) in [6.07, 6.45) is 3.54. The third-order valence-corrected chi connectivity index (χ3v) is 3.08. The quantitative estimate of drug-likeness (QED) is 0.688. The van der Waals surface area contributed by atoms with E-state index in [0.717, 1.165) is 0 Å². The highest BCUT2D eigenvalue weighted by Crippen LogP contribution is 2.47. The topological polar surface area (TPSA) is 0 Å². The molecule has 0 amide bonds. The van der Waals surface area contributed by atoms with E-state index in [1.54, 1.807) is 5.57 Å². The fourth-order valence-corrected chi connectivity index (χ4v) is 2.12. The van der Waals surface area contributed by atoms with Gasteiger partial charge in [-0.1, -0.05) is 72.3 Å². The Bertz CT molecular complexity index is 494. The van der Waals surface area contributed by atoms with Gasteiger partial charge in [-0.05, 0) is 17.5 Å². The Balaban J connectivity index is 1.80. The summed E-state index contributed by atoms with van der Waals surface area (Å²) in [6.45, 7) is 0. The maximum absolute atomic E-state index is 2.32. The summed E-state index contributed by atoms with van der Waals surface area (Å²) in [5, 5.41) is 0. The molecule has 0 N–H and O–H groups in total. The SMILES string of the molecule is C(=C1CC1c1ccccc1)c1ccccc1. The Kier molecular flexibility index (Phi) is 2.34. The summed E-state index contributed by atoms with van der Waals surface area (Å²) in [4.78, 5) is 0. The molecule has 1 saturated carbocycles. The zero-order valence-corrected chi connectivity index (χ0v) is 9.14. The smallest absolute Gasteiger partial charge is 0.00893 e. The van der Waals surface area contributed by atoms with Gasteiger partial charge in [-0.3, -0.25) is 0 Å². The fraction of sp³-hybridized carbons (Fsp3) is 0.125. The van der Waals surface area contributed by atoms with Crippen molar-refractivity contribution in [2.75, 3.05) is 0 Å². The molecule has 0 aromatic heterocycles. The van der Waals surface area contributed by atoms with Crippen LogP contribution in [0.5, 0.6) is 0 Å². The standard InChI is InChI=1S/C16H14/c1-3-7-13(8-4-1)11-15-12-16(15)14-9-5-2-6-10-14/h1-11,16H,12H2. The van der Waals surface area contributed by atoms with Crippen LogP contribution >= 0.6 is 0 Å². The van der Waals surface area contributed by atoms with E-state index in [1.165, 1.54) is 17.5 Å². The average Bonchev–Trinajstić information content (AvgIpc) is 3.11. The maximum atomic E-state index is 2.32. The molecule has 1 atom stereocenters. The Hall–Kier alpha value is -1.82. The molecule has 2 aromatic rings. The molecule has 1 fully saturated rings. The largest absolute Gasteiger partial charge is 0.0622 e. The highest BCUT2D eigenvalue weighted by Gasteiger charge is 2.30. The van der Waals surface area contributed by atoms with E-state index in [1.807, 2.05) is 0 Å². The third kappa shape index (κ3) is 1.92. The van der Waals surface area contributed by atoms with Crippen LogP contribution in [0.25, 0.3) is 6.08 Å². The summed E-state index contributed by atoms with van der Waals surface area (Å²) in [5.41, 5.74) is 4.32. The van der Waals surface area contributed by atoms with Gasteiger partial charge in [-0.15, -0.1) is 0 Å². The van der Waals surface area contributed by atoms with Crippen molar-refractivity contribution in [1.82, 2.24) is 0 Å². The molecule has 1 aliphatic carbocycles. The molecule has 16 heavy (non-hydrogen) atoms. The lowest BCUT2D eigenvalue weighted by Crippen LogP contribution is -1.76. The van der Waals surface area contributed by atoms with Crippen LogP contribution in [-0.2, 0) is 0 Å². The summed E-state index contributed by atoms with van der Waals surface area (Å²) >= 11 is 0. The second-order valence-electron chi connectivity index (χ2n) is 4.30. The molecule has 1 aliphatic rings. The number of hydrogen-bond donors (Lipinski definition) is 0. The van der Waals surface area contributed by atoms with Crippen molar-refractivity contribution in [3.05, 3.63) is 77.4 Å². The van der Waals surface area contributed by atoms with Crippen molar-refractivity contribution in [2.45, 2.75) is 12.3 Å². The van der Waals surface area contributed by atoms with Crippen LogP contribution in [0, 0.1) is 0 Å². The van der Waals surface area contributed by atoms with Crippen molar-refractivity contribution in [3.63, 3.8) is 0 Å². The van der Waals surface area contributed by atoms with E-state index < -0.39 is 0 Å². The Morgan fingerprint density at radius 2 is 1.44 bits per heavy atom. The highest BCUT2D eigenvalue weighted by molar-refractivity contribution is 5.61. The minimum atomic E-state index is 0.668. The number of rotatable bonds is 2. The van der Waals surface area contributed by atoms with Gasteiger partial charge >= 0.3 is 0 Å². The van der Waals surface area contributed by atoms with Crippen LogP contribution in [-0.4, -0.2) is 0 Å². The van der Waals surface area contributed by atoms with Crippen LogP contribution in [0.2, 0.25) is 0 Å². The molecule has 78 valence electrons. The molecule has 2 aromatic carbocycles. The minimum absolute atomic E-state index is 0.668. The second-order valence-corrected chi connectivity index (χ2v) is 4.30. The Labute approximate surface area is 96.3 Å². The van der Waals surface area contributed by atoms with Gasteiger partial charge in [-0.25, -0.2) is 0 Å². The van der Waals surface area contributed by atoms with Crippen LogP contribution in [0.15, 0.2) is 66.2 Å². The Morgan fingerprint density at radius 3 is 2.12 bits per heavy atom. The van der Waals surface area contributed by atoms with Crippen molar-refractivity contribution >= 4 is 6.08 Å². The number of benzene rings is 2. The molecule has 0 heteroatoms. The lowest BCUT2D eigenvalue weighted by molar-refractivity contribution is 1.16. The van der Waals surface area contributed by atoms with Gasteiger partial charge in [0.1, 0.15) is 0 Å². The third-order valence-electron chi connectivity index (χ3n) is 3.08. The van der Waals surface area contributed by atoms with Crippen molar-refractivity contribution in [2.24, 2.45) is 0 Å². The van der Waals surface area contributed by atoms with Crippen LogP contribution in [0.3, 0.4) is 0 Å². The zero-order valence-electron chi connectivity index (χ0n) is 9.14. The van der Waals surface area contributed by atoms with Crippen molar-refractivity contribution in [3.8, 4) is 0 Å². The summed E-state index contributed by atoms with van der Waals surface area (Å²) in [7, 11) is 0. The molecule has 0 bridgehead atoms. The first-order chi connectivity index (χ1) is 7.93. The molecule has 1 unspecified atom stereocenters. The van der Waals surface area contributed by atoms with Gasteiger partial charge in [0.2, 0.25) is 0 Å². The molecular formula is C16H14.